The number of nitrogens with one attached hydrogen (secondary N) is 2. The molecule has 0 atom stereocenters. The maximum absolute atomic E-state index is 13.7. The summed E-state index contributed by atoms with van der Waals surface area (Å²) in [6.45, 7) is 6.52. The van der Waals surface area contributed by atoms with E-state index in [-0.39, 0.29) is 53.1 Å². The molecule has 1 aromatic heterocycles. The van der Waals surface area contributed by atoms with Crippen molar-refractivity contribution in [2.75, 3.05) is 25.5 Å². The van der Waals surface area contributed by atoms with E-state index in [4.69, 9.17) is 11.6 Å². The molecule has 8 heteroatoms. The summed E-state index contributed by atoms with van der Waals surface area (Å²) < 4.78 is 0. The first-order chi connectivity index (χ1) is 14.7. The SMILES string of the molecule is CCC(=O)N1CC(C(=O)Nc2cnc(Cl)cc2C(=O)NC)(c2ccccc2C(C)C)C1. The standard InChI is InChI=1S/C23H27ClN4O3/c1-5-20(29)28-12-23(13-28,17-9-7-6-8-15(17)14(2)3)22(31)27-18-11-26-19(24)10-16(18)21(30)25-4/h6-11,14H,5,12-13H2,1-4H3,(H,25,30)(H,27,31). The number of carbonyl (C=O) groups excluding carboxylic acids is 3. The lowest BCUT2D eigenvalue weighted by atomic mass is 9.69. The fraction of sp³-hybridized carbons (Fsp3) is 0.391. The molecule has 2 N–H and O–H groups in total. The Kier molecular flexibility index (Phi) is 6.65. The van der Waals surface area contributed by atoms with Crippen LogP contribution in [0.25, 0.3) is 0 Å². The predicted molar refractivity (Wildman–Crippen MR) is 120 cm³/mol. The smallest absolute Gasteiger partial charge is 0.253 e. The van der Waals surface area contributed by atoms with Crippen molar-refractivity contribution in [1.82, 2.24) is 15.2 Å². The predicted octanol–water partition coefficient (Wildman–Crippen LogP) is 3.35. The number of carbonyl (C=O) groups is 3. The quantitative estimate of drug-likeness (QED) is 0.671. The highest BCUT2D eigenvalue weighted by molar-refractivity contribution is 6.30. The van der Waals surface area contributed by atoms with Gasteiger partial charge in [-0.3, -0.25) is 14.4 Å². The molecule has 31 heavy (non-hydrogen) atoms. The Balaban J connectivity index is 2.02. The number of anilines is 1. The lowest BCUT2D eigenvalue weighted by Crippen LogP contribution is -2.66. The fourth-order valence-electron chi connectivity index (χ4n) is 3.97. The van der Waals surface area contributed by atoms with Crippen molar-refractivity contribution in [1.29, 1.82) is 0 Å². The van der Waals surface area contributed by atoms with Crippen LogP contribution in [0.4, 0.5) is 5.69 Å². The second kappa shape index (κ2) is 9.06. The van der Waals surface area contributed by atoms with E-state index in [1.165, 1.54) is 19.3 Å². The van der Waals surface area contributed by atoms with E-state index in [1.54, 1.807) is 11.8 Å². The average molecular weight is 443 g/mol. The molecule has 2 aromatic rings. The molecule has 3 amide bonds. The van der Waals surface area contributed by atoms with E-state index in [0.29, 0.717) is 6.42 Å². The van der Waals surface area contributed by atoms with Crippen LogP contribution < -0.4 is 10.6 Å². The summed E-state index contributed by atoms with van der Waals surface area (Å²) in [4.78, 5) is 43.9. The summed E-state index contributed by atoms with van der Waals surface area (Å²) >= 11 is 5.96. The average Bonchev–Trinajstić information content (AvgIpc) is 2.73. The van der Waals surface area contributed by atoms with Crippen LogP contribution in [0, 0.1) is 0 Å². The third-order valence-corrected chi connectivity index (χ3v) is 5.91. The van der Waals surface area contributed by atoms with Crippen molar-refractivity contribution in [3.8, 4) is 0 Å². The van der Waals surface area contributed by atoms with Gasteiger partial charge >= 0.3 is 0 Å². The number of hydrogen-bond donors (Lipinski definition) is 2. The Morgan fingerprint density at radius 3 is 2.52 bits per heavy atom. The van der Waals surface area contributed by atoms with E-state index >= 15 is 0 Å². The number of halogens is 1. The molecule has 2 heterocycles. The first-order valence-electron chi connectivity index (χ1n) is 10.3. The molecule has 0 spiro atoms. The molecule has 7 nitrogen and oxygen atoms in total. The number of nitrogens with zero attached hydrogens (tertiary/aromatic N) is 2. The molecule has 1 aliphatic heterocycles. The van der Waals surface area contributed by atoms with Crippen LogP contribution in [-0.2, 0) is 15.0 Å². The van der Waals surface area contributed by atoms with Crippen LogP contribution in [-0.4, -0.2) is 47.7 Å². The number of amides is 3. The van der Waals surface area contributed by atoms with Crippen molar-refractivity contribution in [2.24, 2.45) is 0 Å². The lowest BCUT2D eigenvalue weighted by Gasteiger charge is -2.50. The highest BCUT2D eigenvalue weighted by Crippen LogP contribution is 2.40. The molecule has 0 unspecified atom stereocenters. The van der Waals surface area contributed by atoms with Gasteiger partial charge < -0.3 is 15.5 Å². The largest absolute Gasteiger partial charge is 0.355 e. The molecule has 1 aromatic carbocycles. The zero-order chi connectivity index (χ0) is 22.8. The van der Waals surface area contributed by atoms with Crippen LogP contribution in [0.3, 0.4) is 0 Å². The van der Waals surface area contributed by atoms with E-state index < -0.39 is 5.41 Å². The molecule has 0 saturated carbocycles. The summed E-state index contributed by atoms with van der Waals surface area (Å²) in [6.07, 6.45) is 1.76. The van der Waals surface area contributed by atoms with Gasteiger partial charge in [-0.15, -0.1) is 0 Å². The Labute approximate surface area is 187 Å². The van der Waals surface area contributed by atoms with Gasteiger partial charge in [-0.05, 0) is 23.1 Å². The summed E-state index contributed by atoms with van der Waals surface area (Å²) in [7, 11) is 1.50. The highest BCUT2D eigenvalue weighted by atomic mass is 35.5. The van der Waals surface area contributed by atoms with Crippen molar-refractivity contribution in [3.05, 3.63) is 58.4 Å². The zero-order valence-corrected chi connectivity index (χ0v) is 18.9. The van der Waals surface area contributed by atoms with E-state index in [1.807, 2.05) is 24.3 Å². The highest BCUT2D eigenvalue weighted by Gasteiger charge is 2.53. The summed E-state index contributed by atoms with van der Waals surface area (Å²) in [5, 5.41) is 5.58. The van der Waals surface area contributed by atoms with Crippen LogP contribution in [0.15, 0.2) is 36.5 Å². The van der Waals surface area contributed by atoms with Crippen molar-refractivity contribution < 1.29 is 14.4 Å². The Hall–Kier alpha value is -2.93. The lowest BCUT2D eigenvalue weighted by molar-refractivity contribution is -0.143. The number of hydrogen-bond acceptors (Lipinski definition) is 4. The van der Waals surface area contributed by atoms with Gasteiger partial charge in [-0.1, -0.05) is 56.6 Å². The maximum Gasteiger partial charge on any atom is 0.253 e. The van der Waals surface area contributed by atoms with E-state index in [2.05, 4.69) is 29.5 Å². The van der Waals surface area contributed by atoms with Gasteiger partial charge in [-0.25, -0.2) is 4.98 Å². The van der Waals surface area contributed by atoms with Crippen molar-refractivity contribution in [2.45, 2.75) is 38.5 Å². The van der Waals surface area contributed by atoms with Gasteiger partial charge in [0.15, 0.2) is 0 Å². The van der Waals surface area contributed by atoms with E-state index in [0.717, 1.165) is 11.1 Å². The molecular weight excluding hydrogens is 416 g/mol. The van der Waals surface area contributed by atoms with Crippen LogP contribution >= 0.6 is 11.6 Å². The van der Waals surface area contributed by atoms with Gasteiger partial charge in [0.25, 0.3) is 5.91 Å². The Morgan fingerprint density at radius 2 is 1.90 bits per heavy atom. The second-order valence-corrected chi connectivity index (χ2v) is 8.40. The van der Waals surface area contributed by atoms with Gasteiger partial charge in [0.2, 0.25) is 11.8 Å². The second-order valence-electron chi connectivity index (χ2n) is 8.01. The monoisotopic (exact) mass is 442 g/mol. The summed E-state index contributed by atoms with van der Waals surface area (Å²) in [6, 6.07) is 9.23. The summed E-state index contributed by atoms with van der Waals surface area (Å²) in [5.74, 6) is -0.456. The van der Waals surface area contributed by atoms with E-state index in [9.17, 15) is 14.4 Å². The fourth-order valence-corrected chi connectivity index (χ4v) is 4.13. The zero-order valence-electron chi connectivity index (χ0n) is 18.2. The number of rotatable bonds is 6. The first-order valence-corrected chi connectivity index (χ1v) is 10.7. The molecular formula is C23H27ClN4O3. The Morgan fingerprint density at radius 1 is 1.23 bits per heavy atom. The number of benzene rings is 1. The van der Waals surface area contributed by atoms with Gasteiger partial charge in [-0.2, -0.15) is 0 Å². The van der Waals surface area contributed by atoms with Crippen molar-refractivity contribution in [3.63, 3.8) is 0 Å². The van der Waals surface area contributed by atoms with Crippen molar-refractivity contribution >= 4 is 35.0 Å². The molecule has 1 saturated heterocycles. The van der Waals surface area contributed by atoms with Gasteiger partial charge in [0.05, 0.1) is 17.4 Å². The summed E-state index contributed by atoms with van der Waals surface area (Å²) in [5.41, 5.74) is 1.54. The minimum Gasteiger partial charge on any atom is -0.355 e. The third kappa shape index (κ3) is 4.28. The van der Waals surface area contributed by atoms with Crippen LogP contribution in [0.2, 0.25) is 5.15 Å². The minimum absolute atomic E-state index is 0.00432. The molecule has 1 fully saturated rings. The first kappa shape index (κ1) is 22.7. The maximum atomic E-state index is 13.7. The van der Waals surface area contributed by atoms with Crippen LogP contribution in [0.5, 0.6) is 0 Å². The van der Waals surface area contributed by atoms with Crippen LogP contribution in [0.1, 0.15) is 54.6 Å². The molecule has 1 aliphatic rings. The molecule has 164 valence electrons. The molecule has 0 radical (unpaired) electrons. The third-order valence-electron chi connectivity index (χ3n) is 5.70. The van der Waals surface area contributed by atoms with Gasteiger partial charge in [0.1, 0.15) is 10.6 Å². The normalized spacial score (nSPS) is 14.7. The topological polar surface area (TPSA) is 91.4 Å². The molecule has 0 aliphatic carbocycles. The van der Waals surface area contributed by atoms with Gasteiger partial charge in [0, 0.05) is 26.6 Å². The number of pyridine rings is 1. The Bertz CT molecular complexity index is 1020. The number of likely N-dealkylation sites (tertiary alicyclic amines) is 1. The minimum atomic E-state index is -0.911. The molecule has 3 rings (SSSR count). The molecule has 0 bridgehead atoms. The number of aromatic nitrogens is 1.